The van der Waals surface area contributed by atoms with E-state index in [0.29, 0.717) is 28.2 Å². The van der Waals surface area contributed by atoms with Crippen LogP contribution in [-0.4, -0.2) is 21.8 Å². The molecule has 1 aromatic heterocycles. The first kappa shape index (κ1) is 18.3. The predicted octanol–water partition coefficient (Wildman–Crippen LogP) is 4.64. The molecule has 7 heteroatoms. The number of hydrogen-bond donors (Lipinski definition) is 1. The Labute approximate surface area is 161 Å². The number of ether oxygens (including phenoxy) is 1. The first-order chi connectivity index (χ1) is 12.5. The van der Waals surface area contributed by atoms with Crippen LogP contribution in [-0.2, 0) is 11.3 Å². The van der Waals surface area contributed by atoms with Gasteiger partial charge >= 0.3 is 0 Å². The van der Waals surface area contributed by atoms with Crippen LogP contribution in [0.25, 0.3) is 0 Å². The van der Waals surface area contributed by atoms with Crippen molar-refractivity contribution in [1.29, 1.82) is 0 Å². The number of nitrogens with zero attached hydrogens (tertiary/aromatic N) is 2. The van der Waals surface area contributed by atoms with Crippen molar-refractivity contribution in [2.75, 3.05) is 5.32 Å². The highest BCUT2D eigenvalue weighted by molar-refractivity contribution is 6.31. The number of benzene rings is 2. The predicted molar refractivity (Wildman–Crippen MR) is 103 cm³/mol. The summed E-state index contributed by atoms with van der Waals surface area (Å²) >= 11 is 12.1. The van der Waals surface area contributed by atoms with Crippen molar-refractivity contribution in [2.45, 2.75) is 19.6 Å². The van der Waals surface area contributed by atoms with Crippen LogP contribution in [0.4, 0.5) is 5.82 Å². The van der Waals surface area contributed by atoms with E-state index in [1.807, 2.05) is 24.3 Å². The van der Waals surface area contributed by atoms with Gasteiger partial charge in [-0.2, -0.15) is 5.10 Å². The molecule has 0 radical (unpaired) electrons. The van der Waals surface area contributed by atoms with Crippen LogP contribution in [0.3, 0.4) is 0 Å². The van der Waals surface area contributed by atoms with E-state index in [-0.39, 0.29) is 5.91 Å². The lowest BCUT2D eigenvalue weighted by Crippen LogP contribution is -2.31. The van der Waals surface area contributed by atoms with Crippen molar-refractivity contribution in [2.24, 2.45) is 0 Å². The number of nitrogens with one attached hydrogen (secondary N) is 1. The van der Waals surface area contributed by atoms with Gasteiger partial charge in [0.15, 0.2) is 6.10 Å². The number of halogens is 2. The number of anilines is 1. The normalized spacial score (nSPS) is 11.8. The van der Waals surface area contributed by atoms with Crippen molar-refractivity contribution < 1.29 is 9.53 Å². The maximum absolute atomic E-state index is 12.4. The Bertz CT molecular complexity index is 911. The molecule has 0 spiro atoms. The van der Waals surface area contributed by atoms with Gasteiger partial charge in [0.05, 0.1) is 12.7 Å². The van der Waals surface area contributed by atoms with E-state index >= 15 is 0 Å². The summed E-state index contributed by atoms with van der Waals surface area (Å²) in [5.74, 6) is 0.812. The Morgan fingerprint density at radius 3 is 2.77 bits per heavy atom. The van der Waals surface area contributed by atoms with Crippen LogP contribution in [0.15, 0.2) is 60.8 Å². The van der Waals surface area contributed by atoms with Gasteiger partial charge in [-0.15, -0.1) is 0 Å². The molecule has 134 valence electrons. The summed E-state index contributed by atoms with van der Waals surface area (Å²) < 4.78 is 7.31. The molecule has 0 bridgehead atoms. The second-order valence-corrected chi connectivity index (χ2v) is 6.52. The molecular formula is C19H17Cl2N3O2. The van der Waals surface area contributed by atoms with Crippen molar-refractivity contribution >= 4 is 34.9 Å². The molecule has 5 nitrogen and oxygen atoms in total. The maximum atomic E-state index is 12.4. The molecule has 0 unspecified atom stereocenters. The average Bonchev–Trinajstić information content (AvgIpc) is 3.03. The highest BCUT2D eigenvalue weighted by Gasteiger charge is 2.17. The third kappa shape index (κ3) is 4.56. The first-order valence-corrected chi connectivity index (χ1v) is 8.77. The van der Waals surface area contributed by atoms with Gasteiger partial charge in [-0.25, -0.2) is 4.68 Å². The van der Waals surface area contributed by atoms with E-state index in [1.165, 1.54) is 0 Å². The SMILES string of the molecule is C[C@@H](Oc1cccc(Cl)c1)C(=O)Nc1ccnn1Cc1ccccc1Cl. The molecule has 1 N–H and O–H groups in total. The van der Waals surface area contributed by atoms with Gasteiger partial charge in [0.1, 0.15) is 11.6 Å². The second kappa shape index (κ2) is 8.25. The number of hydrogen-bond acceptors (Lipinski definition) is 3. The fourth-order valence-corrected chi connectivity index (χ4v) is 2.75. The van der Waals surface area contributed by atoms with Crippen molar-refractivity contribution in [3.63, 3.8) is 0 Å². The Morgan fingerprint density at radius 2 is 2.00 bits per heavy atom. The monoisotopic (exact) mass is 389 g/mol. The summed E-state index contributed by atoms with van der Waals surface area (Å²) in [6, 6.07) is 16.1. The second-order valence-electron chi connectivity index (χ2n) is 5.67. The van der Waals surface area contributed by atoms with Crippen molar-refractivity contribution in [3.8, 4) is 5.75 Å². The van der Waals surface area contributed by atoms with Crippen LogP contribution in [0, 0.1) is 0 Å². The lowest BCUT2D eigenvalue weighted by molar-refractivity contribution is -0.122. The molecule has 0 aliphatic rings. The minimum absolute atomic E-state index is 0.286. The van der Waals surface area contributed by atoms with Crippen LogP contribution < -0.4 is 10.1 Å². The van der Waals surface area contributed by atoms with E-state index in [1.54, 1.807) is 48.1 Å². The zero-order valence-electron chi connectivity index (χ0n) is 14.0. The van der Waals surface area contributed by atoms with Gasteiger partial charge < -0.3 is 10.1 Å². The fraction of sp³-hybridized carbons (Fsp3) is 0.158. The van der Waals surface area contributed by atoms with Crippen LogP contribution >= 0.6 is 23.2 Å². The number of rotatable bonds is 6. The summed E-state index contributed by atoms with van der Waals surface area (Å²) in [5.41, 5.74) is 0.914. The summed E-state index contributed by atoms with van der Waals surface area (Å²) in [6.07, 6.45) is 0.923. The molecule has 0 fully saturated rings. The van der Waals surface area contributed by atoms with E-state index in [4.69, 9.17) is 27.9 Å². The van der Waals surface area contributed by atoms with Crippen molar-refractivity contribution in [3.05, 3.63) is 76.4 Å². The summed E-state index contributed by atoms with van der Waals surface area (Å²) in [4.78, 5) is 12.4. The number of carbonyl (C=O) groups is 1. The Morgan fingerprint density at radius 1 is 1.19 bits per heavy atom. The van der Waals surface area contributed by atoms with Crippen LogP contribution in [0.2, 0.25) is 10.0 Å². The third-order valence-electron chi connectivity index (χ3n) is 3.72. The Kier molecular flexibility index (Phi) is 5.81. The van der Waals surface area contributed by atoms with E-state index in [9.17, 15) is 4.79 Å². The summed E-state index contributed by atoms with van der Waals surface area (Å²) in [5, 5.41) is 8.27. The molecule has 0 saturated heterocycles. The summed E-state index contributed by atoms with van der Waals surface area (Å²) in [7, 11) is 0. The third-order valence-corrected chi connectivity index (χ3v) is 4.33. The first-order valence-electron chi connectivity index (χ1n) is 8.01. The zero-order valence-corrected chi connectivity index (χ0v) is 15.5. The van der Waals surface area contributed by atoms with Gasteiger partial charge in [0.2, 0.25) is 0 Å². The van der Waals surface area contributed by atoms with Gasteiger partial charge in [-0.05, 0) is 36.8 Å². The van der Waals surface area contributed by atoms with E-state index in [0.717, 1.165) is 5.56 Å². The van der Waals surface area contributed by atoms with Gasteiger partial charge in [0.25, 0.3) is 5.91 Å². The molecule has 1 heterocycles. The standard InChI is InChI=1S/C19H17Cl2N3O2/c1-13(26-16-7-4-6-15(20)11-16)19(25)23-18-9-10-22-24(18)12-14-5-2-3-8-17(14)21/h2-11,13H,12H2,1H3,(H,23,25)/t13-/m1/s1. The molecule has 1 atom stereocenters. The molecule has 0 aliphatic carbocycles. The number of amides is 1. The smallest absolute Gasteiger partial charge is 0.266 e. The fourth-order valence-electron chi connectivity index (χ4n) is 2.38. The number of carbonyl (C=O) groups excluding carboxylic acids is 1. The molecule has 3 rings (SSSR count). The Hall–Kier alpha value is -2.50. The highest BCUT2D eigenvalue weighted by Crippen LogP contribution is 2.20. The molecular weight excluding hydrogens is 373 g/mol. The molecule has 26 heavy (non-hydrogen) atoms. The summed E-state index contributed by atoms with van der Waals surface area (Å²) in [6.45, 7) is 2.12. The molecule has 0 saturated carbocycles. The average molecular weight is 390 g/mol. The Balaban J connectivity index is 1.66. The minimum atomic E-state index is -0.697. The van der Waals surface area contributed by atoms with Gasteiger partial charge in [-0.1, -0.05) is 47.5 Å². The minimum Gasteiger partial charge on any atom is -0.481 e. The van der Waals surface area contributed by atoms with Gasteiger partial charge in [0, 0.05) is 16.1 Å². The number of aromatic nitrogens is 2. The zero-order chi connectivity index (χ0) is 18.5. The molecule has 1 amide bonds. The quantitative estimate of drug-likeness (QED) is 0.667. The van der Waals surface area contributed by atoms with E-state index in [2.05, 4.69) is 10.4 Å². The van der Waals surface area contributed by atoms with Crippen LogP contribution in [0.5, 0.6) is 5.75 Å². The molecule has 2 aromatic carbocycles. The maximum Gasteiger partial charge on any atom is 0.266 e. The lowest BCUT2D eigenvalue weighted by Gasteiger charge is -2.16. The highest BCUT2D eigenvalue weighted by atomic mass is 35.5. The van der Waals surface area contributed by atoms with Crippen LogP contribution in [0.1, 0.15) is 12.5 Å². The largest absolute Gasteiger partial charge is 0.481 e. The molecule has 3 aromatic rings. The lowest BCUT2D eigenvalue weighted by atomic mass is 10.2. The van der Waals surface area contributed by atoms with Gasteiger partial charge in [-0.3, -0.25) is 4.79 Å². The topological polar surface area (TPSA) is 56.1 Å². The van der Waals surface area contributed by atoms with E-state index < -0.39 is 6.10 Å². The molecule has 0 aliphatic heterocycles. The van der Waals surface area contributed by atoms with Crippen molar-refractivity contribution in [1.82, 2.24) is 9.78 Å².